The molecule has 0 bridgehead atoms. The van der Waals surface area contributed by atoms with Gasteiger partial charge in [-0.1, -0.05) is 44.2 Å². The highest BCUT2D eigenvalue weighted by Crippen LogP contribution is 2.41. The molecule has 0 amide bonds. The van der Waals surface area contributed by atoms with Gasteiger partial charge in [0.25, 0.3) is 0 Å². The number of fused-ring (bicyclic) bond motifs is 1. The molecule has 2 heterocycles. The topological polar surface area (TPSA) is 78.9 Å². The molecule has 6 nitrogen and oxygen atoms in total. The molecule has 1 unspecified atom stereocenters. The van der Waals surface area contributed by atoms with Crippen molar-refractivity contribution in [3.8, 4) is 5.75 Å². The van der Waals surface area contributed by atoms with E-state index in [-0.39, 0.29) is 6.04 Å². The van der Waals surface area contributed by atoms with Gasteiger partial charge in [0.1, 0.15) is 17.9 Å². The number of methoxy groups -OCH3 is 1. The Kier molecular flexibility index (Phi) is 7.62. The van der Waals surface area contributed by atoms with E-state index in [0.29, 0.717) is 16.5 Å². The Morgan fingerprint density at radius 1 is 1.30 bits per heavy atom. The van der Waals surface area contributed by atoms with Crippen LogP contribution in [0.2, 0.25) is 5.02 Å². The maximum atomic E-state index is 6.59. The van der Waals surface area contributed by atoms with Crippen LogP contribution >= 0.6 is 11.6 Å². The number of aryl methyl sites for hydroxylation is 1. The largest absolute Gasteiger partial charge is 0.496 e. The summed E-state index contributed by atoms with van der Waals surface area (Å²) in [6.45, 7) is 15.8. The standard InChI is InChI=1S/C21H24ClN5O.C2H6/c1-7-14(8-2)17-11(3)16(22)9-15(19(17)28-6)13(5)27-21-18(12(4)26-27)20(23)24-10-25-21;1-2/h7-10,13H,1H2,2-6H3,(H2,23,24,25);1-2H3/b14-8+;. The molecule has 1 aromatic carbocycles. The first kappa shape index (κ1) is 23.4. The van der Waals surface area contributed by atoms with Crippen molar-refractivity contribution in [1.82, 2.24) is 19.7 Å². The zero-order chi connectivity index (χ0) is 22.6. The van der Waals surface area contributed by atoms with Gasteiger partial charge < -0.3 is 10.5 Å². The number of hydrogen-bond donors (Lipinski definition) is 1. The van der Waals surface area contributed by atoms with E-state index < -0.39 is 0 Å². The smallest absolute Gasteiger partial charge is 0.164 e. The van der Waals surface area contributed by atoms with Gasteiger partial charge in [0, 0.05) is 16.1 Å². The maximum Gasteiger partial charge on any atom is 0.164 e. The first-order chi connectivity index (χ1) is 14.3. The van der Waals surface area contributed by atoms with Crippen LogP contribution < -0.4 is 10.5 Å². The SMILES string of the molecule is C=C/C(=C\C)c1c(C)c(Cl)cc(C(C)n2nc(C)c3c(N)ncnc32)c1OC.CC. The fraction of sp³-hybridized carbons (Fsp3) is 0.348. The van der Waals surface area contributed by atoms with Gasteiger partial charge in [0.05, 0.1) is 24.2 Å². The van der Waals surface area contributed by atoms with Crippen LogP contribution in [-0.2, 0) is 0 Å². The number of nitrogens with zero attached hydrogens (tertiary/aromatic N) is 4. The van der Waals surface area contributed by atoms with E-state index in [1.807, 2.05) is 58.4 Å². The summed E-state index contributed by atoms with van der Waals surface area (Å²) in [6, 6.07) is 1.73. The number of aromatic nitrogens is 4. The number of halogens is 1. The molecule has 3 aromatic rings. The predicted octanol–water partition coefficient (Wildman–Crippen LogP) is 5.91. The number of rotatable bonds is 5. The summed E-state index contributed by atoms with van der Waals surface area (Å²) in [5, 5.41) is 6.08. The van der Waals surface area contributed by atoms with Crippen LogP contribution in [0.15, 0.2) is 31.1 Å². The van der Waals surface area contributed by atoms with Crippen molar-refractivity contribution in [3.63, 3.8) is 0 Å². The monoisotopic (exact) mass is 427 g/mol. The Hall–Kier alpha value is -2.86. The van der Waals surface area contributed by atoms with Gasteiger partial charge in [-0.25, -0.2) is 14.6 Å². The van der Waals surface area contributed by atoms with Crippen molar-refractivity contribution >= 4 is 34.0 Å². The molecule has 7 heteroatoms. The lowest BCUT2D eigenvalue weighted by Crippen LogP contribution is -2.12. The Balaban J connectivity index is 0.00000155. The van der Waals surface area contributed by atoms with E-state index in [4.69, 9.17) is 22.1 Å². The molecule has 2 N–H and O–H groups in total. The molecule has 0 aliphatic heterocycles. The highest BCUT2D eigenvalue weighted by Gasteiger charge is 2.24. The highest BCUT2D eigenvalue weighted by molar-refractivity contribution is 6.31. The second-order valence-electron chi connectivity index (χ2n) is 6.59. The third-order valence-corrected chi connectivity index (χ3v) is 5.43. The normalized spacial score (nSPS) is 12.3. The van der Waals surface area contributed by atoms with E-state index in [9.17, 15) is 0 Å². The number of hydrogen-bond acceptors (Lipinski definition) is 5. The maximum absolute atomic E-state index is 6.59. The summed E-state index contributed by atoms with van der Waals surface area (Å²) < 4.78 is 7.67. The van der Waals surface area contributed by atoms with E-state index >= 15 is 0 Å². The fourth-order valence-corrected chi connectivity index (χ4v) is 3.77. The second kappa shape index (κ2) is 9.76. The van der Waals surface area contributed by atoms with Crippen molar-refractivity contribution < 1.29 is 4.74 Å². The molecule has 3 rings (SSSR count). The molecule has 0 spiro atoms. The summed E-state index contributed by atoms with van der Waals surface area (Å²) in [6.07, 6.45) is 5.24. The molecule has 2 aromatic heterocycles. The average Bonchev–Trinajstić information content (AvgIpc) is 3.10. The van der Waals surface area contributed by atoms with E-state index in [1.165, 1.54) is 6.33 Å². The van der Waals surface area contributed by atoms with Gasteiger partial charge in [-0.3, -0.25) is 0 Å². The van der Waals surface area contributed by atoms with Crippen LogP contribution in [0, 0.1) is 13.8 Å². The minimum absolute atomic E-state index is 0.194. The third kappa shape index (κ3) is 3.92. The predicted molar refractivity (Wildman–Crippen MR) is 126 cm³/mol. The summed E-state index contributed by atoms with van der Waals surface area (Å²) in [5.74, 6) is 1.16. The van der Waals surface area contributed by atoms with Gasteiger partial charge in [0.15, 0.2) is 5.65 Å². The van der Waals surface area contributed by atoms with Crippen molar-refractivity contribution in [3.05, 3.63) is 58.5 Å². The molecular weight excluding hydrogens is 398 g/mol. The summed E-state index contributed by atoms with van der Waals surface area (Å²) >= 11 is 6.59. The summed E-state index contributed by atoms with van der Waals surface area (Å²) in [4.78, 5) is 8.48. The van der Waals surface area contributed by atoms with Crippen LogP contribution in [0.3, 0.4) is 0 Å². The van der Waals surface area contributed by atoms with Crippen LogP contribution in [0.1, 0.15) is 56.1 Å². The third-order valence-electron chi connectivity index (χ3n) is 5.04. The van der Waals surface area contributed by atoms with Crippen molar-refractivity contribution in [2.45, 2.75) is 47.6 Å². The number of nitrogen functional groups attached to an aromatic ring is 1. The van der Waals surface area contributed by atoms with Gasteiger partial charge >= 0.3 is 0 Å². The first-order valence-electron chi connectivity index (χ1n) is 9.97. The molecular formula is C23H30ClN5O. The van der Waals surface area contributed by atoms with E-state index in [2.05, 4.69) is 21.6 Å². The van der Waals surface area contributed by atoms with Crippen LogP contribution in [0.4, 0.5) is 5.82 Å². The Morgan fingerprint density at radius 3 is 2.53 bits per heavy atom. The molecule has 0 saturated carbocycles. The second-order valence-corrected chi connectivity index (χ2v) is 7.00. The van der Waals surface area contributed by atoms with Crippen LogP contribution in [0.25, 0.3) is 16.6 Å². The lowest BCUT2D eigenvalue weighted by atomic mass is 9.93. The van der Waals surface area contributed by atoms with Gasteiger partial charge in [-0.2, -0.15) is 5.10 Å². The summed E-state index contributed by atoms with van der Waals surface area (Å²) in [5.41, 5.74) is 11.2. The Bertz CT molecular complexity index is 1100. The van der Waals surface area contributed by atoms with Crippen LogP contribution in [0.5, 0.6) is 5.75 Å². The number of nitrogens with two attached hydrogens (primary N) is 1. The highest BCUT2D eigenvalue weighted by atomic mass is 35.5. The number of allylic oxidation sites excluding steroid dienone is 3. The lowest BCUT2D eigenvalue weighted by molar-refractivity contribution is 0.400. The average molecular weight is 428 g/mol. The molecule has 1 atom stereocenters. The zero-order valence-corrected chi connectivity index (χ0v) is 19.5. The molecule has 0 fully saturated rings. The van der Waals surface area contributed by atoms with E-state index in [1.54, 1.807) is 13.2 Å². The van der Waals surface area contributed by atoms with Crippen LogP contribution in [-0.4, -0.2) is 26.9 Å². The Morgan fingerprint density at radius 2 is 1.97 bits per heavy atom. The molecule has 0 aliphatic carbocycles. The first-order valence-corrected chi connectivity index (χ1v) is 10.3. The van der Waals surface area contributed by atoms with Crippen molar-refractivity contribution in [2.75, 3.05) is 12.8 Å². The number of anilines is 1. The van der Waals surface area contributed by atoms with Gasteiger partial charge in [-0.15, -0.1) is 0 Å². The molecule has 160 valence electrons. The molecule has 0 aliphatic rings. The van der Waals surface area contributed by atoms with Crippen molar-refractivity contribution in [2.24, 2.45) is 0 Å². The summed E-state index contributed by atoms with van der Waals surface area (Å²) in [7, 11) is 1.66. The quantitative estimate of drug-likeness (QED) is 0.512. The minimum Gasteiger partial charge on any atom is -0.496 e. The fourth-order valence-electron chi connectivity index (χ4n) is 3.56. The van der Waals surface area contributed by atoms with Crippen molar-refractivity contribution in [1.29, 1.82) is 0 Å². The zero-order valence-electron chi connectivity index (χ0n) is 18.7. The molecule has 0 radical (unpaired) electrons. The minimum atomic E-state index is -0.194. The Labute approximate surface area is 183 Å². The number of ether oxygens (including phenoxy) is 1. The van der Waals surface area contributed by atoms with Gasteiger partial charge in [0.2, 0.25) is 0 Å². The van der Waals surface area contributed by atoms with E-state index in [0.717, 1.165) is 39.1 Å². The molecule has 0 saturated heterocycles. The number of benzene rings is 1. The van der Waals surface area contributed by atoms with Gasteiger partial charge in [-0.05, 0) is 44.9 Å². The lowest BCUT2D eigenvalue weighted by Gasteiger charge is -2.22. The molecule has 30 heavy (non-hydrogen) atoms.